The quantitative estimate of drug-likeness (QED) is 0.687. The maximum atomic E-state index is 13.6. The minimum atomic E-state index is -0.530. The number of rotatable bonds is 3. The summed E-state index contributed by atoms with van der Waals surface area (Å²) in [6.07, 6.45) is 4.56. The molecule has 6 heteroatoms. The summed E-state index contributed by atoms with van der Waals surface area (Å²) in [5, 5.41) is 14.4. The van der Waals surface area contributed by atoms with Gasteiger partial charge in [-0.15, -0.1) is 0 Å². The van der Waals surface area contributed by atoms with Crippen LogP contribution in [0.15, 0.2) is 12.1 Å². The minimum absolute atomic E-state index is 0.174. The summed E-state index contributed by atoms with van der Waals surface area (Å²) < 4.78 is 13.6. The summed E-state index contributed by atoms with van der Waals surface area (Å²) in [7, 11) is 0. The molecule has 2 unspecified atom stereocenters. The molecule has 0 saturated carbocycles. The molecule has 1 aromatic rings. The van der Waals surface area contributed by atoms with E-state index in [0.29, 0.717) is 17.3 Å². The number of hydrogen-bond acceptors (Lipinski definition) is 4. The van der Waals surface area contributed by atoms with Crippen LogP contribution in [0.3, 0.4) is 0 Å². The zero-order valence-electron chi connectivity index (χ0n) is 12.1. The van der Waals surface area contributed by atoms with Gasteiger partial charge in [0.05, 0.1) is 11.0 Å². The molecule has 1 N–H and O–H groups in total. The number of aryl methyl sites for hydroxylation is 1. The summed E-state index contributed by atoms with van der Waals surface area (Å²) in [5.74, 6) is -0.530. The highest BCUT2D eigenvalue weighted by atomic mass is 19.1. The second-order valence-corrected chi connectivity index (χ2v) is 6.01. The number of nitro benzene ring substituents is 1. The summed E-state index contributed by atoms with van der Waals surface area (Å²) in [4.78, 5) is 13.1. The highest BCUT2D eigenvalue weighted by Gasteiger charge is 2.36. The van der Waals surface area contributed by atoms with Crippen LogP contribution in [0.2, 0.25) is 0 Å². The van der Waals surface area contributed by atoms with Crippen LogP contribution in [-0.2, 0) is 0 Å². The Morgan fingerprint density at radius 3 is 2.90 bits per heavy atom. The zero-order valence-corrected chi connectivity index (χ0v) is 12.1. The third-order valence-electron chi connectivity index (χ3n) is 4.67. The second kappa shape index (κ2) is 5.60. The van der Waals surface area contributed by atoms with Crippen LogP contribution >= 0.6 is 0 Å². The first kappa shape index (κ1) is 14.3. The maximum absolute atomic E-state index is 13.6. The van der Waals surface area contributed by atoms with Crippen molar-refractivity contribution in [3.8, 4) is 0 Å². The molecule has 0 aromatic heterocycles. The molecule has 0 amide bonds. The van der Waals surface area contributed by atoms with Crippen LogP contribution < -0.4 is 5.32 Å². The van der Waals surface area contributed by atoms with E-state index in [1.165, 1.54) is 12.8 Å². The number of fused-ring (bicyclic) bond motifs is 1. The number of piperidine rings is 1. The first-order chi connectivity index (χ1) is 10.1. The van der Waals surface area contributed by atoms with Gasteiger partial charge in [0.2, 0.25) is 0 Å². The summed E-state index contributed by atoms with van der Waals surface area (Å²) in [6.45, 7) is 3.79. The fourth-order valence-corrected chi connectivity index (χ4v) is 3.55. The van der Waals surface area contributed by atoms with Crippen LogP contribution in [0.1, 0.15) is 31.2 Å². The highest BCUT2D eigenvalue weighted by molar-refractivity contribution is 5.63. The van der Waals surface area contributed by atoms with Gasteiger partial charge in [-0.3, -0.25) is 15.0 Å². The van der Waals surface area contributed by atoms with Crippen LogP contribution in [-0.4, -0.2) is 35.0 Å². The lowest BCUT2D eigenvalue weighted by Gasteiger charge is -2.32. The molecule has 2 heterocycles. The van der Waals surface area contributed by atoms with Crippen LogP contribution in [0.4, 0.5) is 15.8 Å². The predicted octanol–water partition coefficient (Wildman–Crippen LogP) is 3.08. The number of hydrogen-bond donors (Lipinski definition) is 1. The third kappa shape index (κ3) is 2.72. The molecule has 0 aliphatic carbocycles. The monoisotopic (exact) mass is 293 g/mol. The van der Waals surface area contributed by atoms with Gasteiger partial charge in [-0.25, -0.2) is 4.39 Å². The van der Waals surface area contributed by atoms with Crippen molar-refractivity contribution in [2.75, 3.05) is 18.4 Å². The molecule has 2 aliphatic rings. The smallest absolute Gasteiger partial charge is 0.295 e. The van der Waals surface area contributed by atoms with Gasteiger partial charge >= 0.3 is 0 Å². The molecule has 2 aliphatic heterocycles. The molecule has 21 heavy (non-hydrogen) atoms. The van der Waals surface area contributed by atoms with E-state index in [1.54, 1.807) is 13.0 Å². The summed E-state index contributed by atoms with van der Waals surface area (Å²) in [6, 6.07) is 3.24. The summed E-state index contributed by atoms with van der Waals surface area (Å²) in [5.41, 5.74) is 0.699. The molecular formula is C15H20FN3O2. The third-order valence-corrected chi connectivity index (χ3v) is 4.67. The maximum Gasteiger partial charge on any atom is 0.295 e. The minimum Gasteiger partial charge on any atom is -0.375 e. The van der Waals surface area contributed by atoms with Crippen molar-refractivity contribution in [3.05, 3.63) is 33.6 Å². The summed E-state index contributed by atoms with van der Waals surface area (Å²) >= 11 is 0. The Hall–Kier alpha value is -1.69. The lowest BCUT2D eigenvalue weighted by molar-refractivity contribution is -0.384. The van der Waals surface area contributed by atoms with Gasteiger partial charge in [0, 0.05) is 18.6 Å². The van der Waals surface area contributed by atoms with E-state index in [1.807, 2.05) is 0 Å². The first-order valence-corrected chi connectivity index (χ1v) is 7.51. The lowest BCUT2D eigenvalue weighted by Crippen LogP contribution is -2.41. The number of anilines is 1. The van der Waals surface area contributed by atoms with Crippen molar-refractivity contribution in [2.45, 2.75) is 44.7 Å². The Balaban J connectivity index is 1.84. The molecule has 5 nitrogen and oxygen atoms in total. The van der Waals surface area contributed by atoms with E-state index in [-0.39, 0.29) is 11.7 Å². The zero-order chi connectivity index (χ0) is 15.0. The predicted molar refractivity (Wildman–Crippen MR) is 79.0 cm³/mol. The van der Waals surface area contributed by atoms with E-state index in [4.69, 9.17) is 0 Å². The number of nitrogens with one attached hydrogen (secondary N) is 1. The van der Waals surface area contributed by atoms with Gasteiger partial charge in [-0.1, -0.05) is 6.42 Å². The van der Waals surface area contributed by atoms with Crippen LogP contribution in [0.5, 0.6) is 0 Å². The first-order valence-electron chi connectivity index (χ1n) is 7.51. The van der Waals surface area contributed by atoms with E-state index in [2.05, 4.69) is 10.2 Å². The Bertz CT molecular complexity index is 564. The van der Waals surface area contributed by atoms with Crippen LogP contribution in [0, 0.1) is 22.9 Å². The van der Waals surface area contributed by atoms with Gasteiger partial charge in [0.1, 0.15) is 11.5 Å². The Labute approximate surface area is 123 Å². The van der Waals surface area contributed by atoms with Gasteiger partial charge < -0.3 is 5.32 Å². The number of halogens is 1. The Kier molecular flexibility index (Phi) is 3.80. The van der Waals surface area contributed by atoms with E-state index in [9.17, 15) is 14.5 Å². The Morgan fingerprint density at radius 1 is 1.33 bits per heavy atom. The van der Waals surface area contributed by atoms with Gasteiger partial charge in [-0.2, -0.15) is 0 Å². The molecule has 0 radical (unpaired) electrons. The lowest BCUT2D eigenvalue weighted by atomic mass is 9.98. The standard InChI is InChI=1S/C15H20FN3O2/c1-10-8-13(15(19(20)21)9-11(10)16)17-12-5-7-18-6-3-2-4-14(12)18/h8-9,12,14,17H,2-7H2,1H3. The molecule has 2 saturated heterocycles. The molecular weight excluding hydrogens is 273 g/mol. The van der Waals surface area contributed by atoms with E-state index >= 15 is 0 Å². The fraction of sp³-hybridized carbons (Fsp3) is 0.600. The SMILES string of the molecule is Cc1cc(NC2CCN3CCCCC23)c([N+](=O)[O-])cc1F. The van der Waals surface area contributed by atoms with Crippen molar-refractivity contribution in [2.24, 2.45) is 0 Å². The molecule has 2 fully saturated rings. The molecule has 0 spiro atoms. The van der Waals surface area contributed by atoms with Crippen molar-refractivity contribution in [1.29, 1.82) is 0 Å². The topological polar surface area (TPSA) is 58.4 Å². The molecule has 114 valence electrons. The molecule has 0 bridgehead atoms. The largest absolute Gasteiger partial charge is 0.375 e. The van der Waals surface area contributed by atoms with Crippen LogP contribution in [0.25, 0.3) is 0 Å². The second-order valence-electron chi connectivity index (χ2n) is 6.01. The number of benzene rings is 1. The van der Waals surface area contributed by atoms with Gasteiger partial charge in [0.15, 0.2) is 0 Å². The van der Waals surface area contributed by atoms with Crippen molar-refractivity contribution >= 4 is 11.4 Å². The van der Waals surface area contributed by atoms with Gasteiger partial charge in [-0.05, 0) is 44.4 Å². The normalized spacial score (nSPS) is 25.6. The highest BCUT2D eigenvalue weighted by Crippen LogP contribution is 2.33. The Morgan fingerprint density at radius 2 is 2.14 bits per heavy atom. The average Bonchev–Trinajstić information content (AvgIpc) is 2.86. The number of nitro groups is 1. The number of nitrogens with zero attached hydrogens (tertiary/aromatic N) is 2. The van der Waals surface area contributed by atoms with Crippen molar-refractivity contribution < 1.29 is 9.31 Å². The molecule has 3 rings (SSSR count). The molecule has 2 atom stereocenters. The van der Waals surface area contributed by atoms with E-state index < -0.39 is 10.7 Å². The fourth-order valence-electron chi connectivity index (χ4n) is 3.55. The van der Waals surface area contributed by atoms with Crippen molar-refractivity contribution in [3.63, 3.8) is 0 Å². The van der Waals surface area contributed by atoms with Gasteiger partial charge in [0.25, 0.3) is 5.69 Å². The average molecular weight is 293 g/mol. The van der Waals surface area contributed by atoms with E-state index in [0.717, 1.165) is 32.0 Å². The molecule has 1 aromatic carbocycles. The van der Waals surface area contributed by atoms with Crippen molar-refractivity contribution in [1.82, 2.24) is 4.90 Å².